The maximum atomic E-state index is 14.4. The number of nitrogens with two attached hydrogens (primary N) is 1. The van der Waals surface area contributed by atoms with Crippen molar-refractivity contribution in [3.8, 4) is 28.5 Å². The lowest BCUT2D eigenvalue weighted by atomic mass is 10.0. The number of nitrogens with one attached hydrogen (secondary N) is 8. The van der Waals surface area contributed by atoms with Gasteiger partial charge in [0.1, 0.15) is 54.4 Å². The normalized spacial score (nSPS) is 12.8. The summed E-state index contributed by atoms with van der Waals surface area (Å²) in [5, 5.41) is 28.2. The highest BCUT2D eigenvalue weighted by Gasteiger charge is 2.32. The minimum absolute atomic E-state index is 0.00827. The van der Waals surface area contributed by atoms with Crippen LogP contribution in [0.25, 0.3) is 33.8 Å². The lowest BCUT2D eigenvalue weighted by Crippen LogP contribution is -2.58. The van der Waals surface area contributed by atoms with Crippen LogP contribution in [0.15, 0.2) is 103 Å². The number of ether oxygens (including phenoxy) is 6. The van der Waals surface area contributed by atoms with Crippen LogP contribution in [0, 0.1) is 18.7 Å². The number of carboxylic acids is 1. The number of anilines is 2. The molecule has 0 unspecified atom stereocenters. The minimum atomic E-state index is -1.36. The summed E-state index contributed by atoms with van der Waals surface area (Å²) in [4.78, 5) is 137. The number of imidazole rings is 1. The van der Waals surface area contributed by atoms with Gasteiger partial charge < -0.3 is 81.5 Å². The van der Waals surface area contributed by atoms with Crippen LogP contribution in [0.3, 0.4) is 0 Å². The van der Waals surface area contributed by atoms with E-state index in [9.17, 15) is 52.6 Å². The van der Waals surface area contributed by atoms with E-state index < -0.39 is 78.0 Å². The molecule has 0 spiro atoms. The molecule has 5 heterocycles. The van der Waals surface area contributed by atoms with Gasteiger partial charge in [0.25, 0.3) is 11.8 Å². The number of aliphatic carboxylic acids is 1. The number of carbonyl (C=O) groups excluding carboxylic acids is 8. The summed E-state index contributed by atoms with van der Waals surface area (Å²) < 4.78 is 47.5. The van der Waals surface area contributed by atoms with E-state index in [2.05, 4.69) is 52.2 Å². The van der Waals surface area contributed by atoms with Crippen LogP contribution in [0.2, 0.25) is 0 Å². The second-order valence-electron chi connectivity index (χ2n) is 22.0. The minimum Gasteiger partial charge on any atom is -0.490 e. The van der Waals surface area contributed by atoms with Gasteiger partial charge in [0, 0.05) is 49.0 Å². The number of rotatable bonds is 41. The number of carbonyl (C=O) groups is 9. The standard InChI is InChI=1S/C65H79FN14O16/c1-40(2)58(79-62(87)51(19-22-57(84)85)75-54(81)23-27-91-30-32-93-34-35-94-33-31-92-29-26-80-55(82)20-21-56(80)83)63(88)76-50(12-7-24-68-64(67)89)61(86)73-43-15-13-42(14-16-43)39-96-65(90)69-25-28-95-44-36-52-47(70-37-44)17-18-49(74-52)60-59(48-11-6-8-41(3)72-48)77-53(78-60)38-71-46-10-5-4-9-45(46)66/h4-6,8-11,13-18,20-21,36-37,40,50-51,58,71H,7,12,19,22-35,38-39H2,1-3H3,(H,69,90)(H,73,86)(H,75,81)(H,76,88)(H,77,78)(H,79,87)(H,84,85)(H3,67,68,89)/t50-,51-,58-/m0/s1. The van der Waals surface area contributed by atoms with Gasteiger partial charge in [-0.2, -0.15) is 0 Å². The highest BCUT2D eigenvalue weighted by atomic mass is 19.1. The van der Waals surface area contributed by atoms with Gasteiger partial charge >= 0.3 is 18.1 Å². The first-order valence-electron chi connectivity index (χ1n) is 31.0. The van der Waals surface area contributed by atoms with Crippen LogP contribution < -0.4 is 47.7 Å². The molecule has 1 aliphatic heterocycles. The summed E-state index contributed by atoms with van der Waals surface area (Å²) in [7, 11) is 0. The van der Waals surface area contributed by atoms with Crippen molar-refractivity contribution >= 4 is 75.9 Å². The van der Waals surface area contributed by atoms with Gasteiger partial charge in [-0.25, -0.2) is 23.9 Å². The summed E-state index contributed by atoms with van der Waals surface area (Å²) in [6, 6.07) is 19.0. The molecule has 6 aromatic rings. The third kappa shape index (κ3) is 24.1. The number of imide groups is 1. The van der Waals surface area contributed by atoms with Crippen LogP contribution in [-0.4, -0.2) is 186 Å². The Balaban J connectivity index is 0.831. The number of fused-ring (bicyclic) bond motifs is 1. The zero-order valence-electron chi connectivity index (χ0n) is 53.3. The predicted molar refractivity (Wildman–Crippen MR) is 346 cm³/mol. The Bertz CT molecular complexity index is 3650. The summed E-state index contributed by atoms with van der Waals surface area (Å²) in [5.74, 6) is -4.92. The number of aromatic nitrogens is 5. The first kappa shape index (κ1) is 72.9. The molecule has 0 fully saturated rings. The Labute approximate surface area is 551 Å². The largest absolute Gasteiger partial charge is 0.490 e. The highest BCUT2D eigenvalue weighted by Crippen LogP contribution is 2.31. The number of alkyl carbamates (subject to hydrolysis) is 1. The van der Waals surface area contributed by atoms with Crippen LogP contribution >= 0.6 is 0 Å². The molecule has 7 rings (SSSR count). The zero-order chi connectivity index (χ0) is 68.8. The van der Waals surface area contributed by atoms with Crippen molar-refractivity contribution in [3.05, 3.63) is 126 Å². The molecule has 96 heavy (non-hydrogen) atoms. The lowest BCUT2D eigenvalue weighted by molar-refractivity contribution is -0.139. The Hall–Kier alpha value is -10.5. The van der Waals surface area contributed by atoms with Crippen molar-refractivity contribution in [2.75, 3.05) is 89.7 Å². The molecule has 11 N–H and O–H groups in total. The Morgan fingerprint density at radius 2 is 1.39 bits per heavy atom. The third-order valence-electron chi connectivity index (χ3n) is 14.3. The van der Waals surface area contributed by atoms with E-state index in [0.717, 1.165) is 10.6 Å². The summed E-state index contributed by atoms with van der Waals surface area (Å²) in [5.41, 5.74) is 10.7. The molecule has 1 aliphatic rings. The average Bonchev–Trinajstić information content (AvgIpc) is 1.56. The zero-order valence-corrected chi connectivity index (χ0v) is 53.3. The molecule has 30 nitrogen and oxygen atoms in total. The number of aromatic amines is 1. The number of hydrogen-bond donors (Lipinski definition) is 10. The quantitative estimate of drug-likeness (QED) is 0.0190. The molecule has 0 bridgehead atoms. The van der Waals surface area contributed by atoms with Gasteiger partial charge in [0.15, 0.2) is 0 Å². The molecule has 9 amide bonds. The average molecular weight is 1330 g/mol. The van der Waals surface area contributed by atoms with Gasteiger partial charge in [0.2, 0.25) is 23.6 Å². The lowest BCUT2D eigenvalue weighted by Gasteiger charge is -2.27. The molecule has 2 aromatic carbocycles. The number of pyridine rings is 3. The number of nitrogens with zero attached hydrogens (tertiary/aromatic N) is 5. The number of para-hydroxylation sites is 1. The Morgan fingerprint density at radius 3 is 2.07 bits per heavy atom. The number of urea groups is 1. The van der Waals surface area contributed by atoms with Gasteiger partial charge in [-0.15, -0.1) is 0 Å². The molecule has 31 heteroatoms. The van der Waals surface area contributed by atoms with Gasteiger partial charge in [-0.3, -0.25) is 48.4 Å². The maximum absolute atomic E-state index is 14.4. The molecule has 4 aromatic heterocycles. The Kier molecular flexibility index (Phi) is 28.9. The van der Waals surface area contributed by atoms with Crippen LogP contribution in [0.1, 0.15) is 63.0 Å². The van der Waals surface area contributed by atoms with Gasteiger partial charge in [-0.1, -0.05) is 44.2 Å². The van der Waals surface area contributed by atoms with E-state index in [1.54, 1.807) is 68.6 Å². The van der Waals surface area contributed by atoms with Crippen LogP contribution in [-0.2, 0) is 70.4 Å². The number of H-pyrrole nitrogens is 1. The summed E-state index contributed by atoms with van der Waals surface area (Å²) in [6.45, 7) is 6.99. The second-order valence-corrected chi connectivity index (χ2v) is 22.0. The van der Waals surface area contributed by atoms with Gasteiger partial charge in [0.05, 0.1) is 112 Å². The van der Waals surface area contributed by atoms with Crippen molar-refractivity contribution in [1.82, 2.24) is 56.4 Å². The molecule has 512 valence electrons. The topological polar surface area (TPSA) is 410 Å². The Morgan fingerprint density at radius 1 is 0.688 bits per heavy atom. The number of carboxylic acid groups (broad SMARTS) is 1. The van der Waals surface area contributed by atoms with E-state index in [1.807, 2.05) is 37.3 Å². The fourth-order valence-electron chi connectivity index (χ4n) is 9.35. The van der Waals surface area contributed by atoms with Gasteiger partial charge in [-0.05, 0) is 86.2 Å². The SMILES string of the molecule is Cc1cccc(-c2nc(CNc3ccccc3F)[nH]c2-c2ccc3ncc(OCCNC(=O)OCc4ccc(NC(=O)[C@H](CCCNC(N)=O)NC(=O)[C@@H](NC(=O)[C@H](CCC(=O)O)NC(=O)CCOCCOCCOCCOCCN5C(=O)C=CC5=O)C(C)C)cc4)cc3n2)n1. The van der Waals surface area contributed by atoms with Crippen molar-refractivity contribution in [1.29, 1.82) is 0 Å². The molecular formula is C65H79FN14O16. The van der Waals surface area contributed by atoms with E-state index >= 15 is 0 Å². The smallest absolute Gasteiger partial charge is 0.407 e. The predicted octanol–water partition coefficient (Wildman–Crippen LogP) is 4.19. The van der Waals surface area contributed by atoms with Crippen molar-refractivity contribution < 1.29 is 81.1 Å². The molecular weight excluding hydrogens is 1250 g/mol. The summed E-state index contributed by atoms with van der Waals surface area (Å²) >= 11 is 0. The van der Waals surface area contributed by atoms with E-state index in [-0.39, 0.29) is 130 Å². The number of amides is 9. The maximum Gasteiger partial charge on any atom is 0.407 e. The fourth-order valence-corrected chi connectivity index (χ4v) is 9.35. The number of primary amides is 1. The second kappa shape index (κ2) is 38.0. The van der Waals surface area contributed by atoms with E-state index in [1.165, 1.54) is 18.2 Å². The van der Waals surface area contributed by atoms with Crippen molar-refractivity contribution in [3.63, 3.8) is 0 Å². The van der Waals surface area contributed by atoms with Crippen molar-refractivity contribution in [2.45, 2.75) is 84.2 Å². The number of hydrogen-bond acceptors (Lipinski definition) is 20. The first-order valence-corrected chi connectivity index (χ1v) is 31.0. The molecule has 3 atom stereocenters. The van der Waals surface area contributed by atoms with E-state index in [0.29, 0.717) is 62.3 Å². The summed E-state index contributed by atoms with van der Waals surface area (Å²) in [6.07, 6.45) is 2.42. The molecule has 0 saturated heterocycles. The molecule has 0 aliphatic carbocycles. The van der Waals surface area contributed by atoms with Crippen LogP contribution in [0.5, 0.6) is 5.75 Å². The number of aryl methyl sites for hydroxylation is 1. The monoisotopic (exact) mass is 1330 g/mol. The molecule has 0 radical (unpaired) electrons. The van der Waals surface area contributed by atoms with E-state index in [4.69, 9.17) is 44.1 Å². The van der Waals surface area contributed by atoms with Crippen molar-refractivity contribution in [2.24, 2.45) is 11.7 Å². The third-order valence-corrected chi connectivity index (χ3v) is 14.3. The number of halogens is 1. The molecule has 0 saturated carbocycles. The number of benzene rings is 2. The highest BCUT2D eigenvalue weighted by molar-refractivity contribution is 6.12. The van der Waals surface area contributed by atoms with Crippen LogP contribution in [0.4, 0.5) is 25.4 Å². The fraction of sp³-hybridized carbons (Fsp3) is 0.400. The first-order chi connectivity index (χ1) is 46.3.